The number of amides is 1. The third kappa shape index (κ3) is 5.21. The highest BCUT2D eigenvalue weighted by atomic mass is 32.1. The Kier molecular flexibility index (Phi) is 6.48. The van der Waals surface area contributed by atoms with E-state index in [-0.39, 0.29) is 12.5 Å². The molecule has 3 aromatic heterocycles. The molecule has 1 N–H and O–H groups in total. The van der Waals surface area contributed by atoms with Gasteiger partial charge in [-0.2, -0.15) is 5.10 Å². The van der Waals surface area contributed by atoms with Crippen molar-refractivity contribution in [2.75, 3.05) is 13.2 Å². The lowest BCUT2D eigenvalue weighted by Gasteiger charge is -2.05. The van der Waals surface area contributed by atoms with Crippen LogP contribution in [-0.4, -0.2) is 34.8 Å². The summed E-state index contributed by atoms with van der Waals surface area (Å²) in [5.41, 5.74) is 3.22. The Labute approximate surface area is 188 Å². The molecule has 1 amide bonds. The van der Waals surface area contributed by atoms with Gasteiger partial charge >= 0.3 is 5.97 Å². The maximum atomic E-state index is 12.5. The van der Waals surface area contributed by atoms with E-state index in [1.165, 1.54) is 21.8 Å². The van der Waals surface area contributed by atoms with Gasteiger partial charge in [0, 0.05) is 16.8 Å². The largest absolute Gasteiger partial charge is 0.451 e. The molecule has 0 aliphatic carbocycles. The molecular weight excluding hydrogens is 430 g/mol. The minimum Gasteiger partial charge on any atom is -0.451 e. The molecule has 8 heteroatoms. The van der Waals surface area contributed by atoms with Crippen LogP contribution < -0.4 is 5.32 Å². The average Bonchev–Trinajstić information content (AvgIpc) is 3.48. The molecule has 0 fully saturated rings. The Balaban J connectivity index is 1.35. The minimum atomic E-state index is -0.490. The van der Waals surface area contributed by atoms with Crippen LogP contribution in [0.3, 0.4) is 0 Å². The summed E-state index contributed by atoms with van der Waals surface area (Å²) >= 11 is 2.99. The number of ether oxygens (including phenoxy) is 1. The van der Waals surface area contributed by atoms with Crippen molar-refractivity contribution in [3.63, 3.8) is 0 Å². The highest BCUT2D eigenvalue weighted by Crippen LogP contribution is 2.29. The highest BCUT2D eigenvalue weighted by Gasteiger charge is 2.18. The number of fused-ring (bicyclic) bond motifs is 1. The highest BCUT2D eigenvalue weighted by molar-refractivity contribution is 7.20. The lowest BCUT2D eigenvalue weighted by molar-refractivity contribution is -0.124. The van der Waals surface area contributed by atoms with E-state index in [4.69, 9.17) is 4.74 Å². The van der Waals surface area contributed by atoms with E-state index >= 15 is 0 Å². The van der Waals surface area contributed by atoms with Crippen LogP contribution in [0.15, 0.2) is 47.8 Å². The number of rotatable bonds is 8. The zero-order chi connectivity index (χ0) is 21.8. The molecule has 4 aromatic rings. The van der Waals surface area contributed by atoms with Crippen LogP contribution >= 0.6 is 22.7 Å². The molecule has 6 nitrogen and oxygen atoms in total. The van der Waals surface area contributed by atoms with Crippen LogP contribution in [0.2, 0.25) is 0 Å². The maximum absolute atomic E-state index is 12.5. The van der Waals surface area contributed by atoms with Gasteiger partial charge < -0.3 is 10.1 Å². The summed E-state index contributed by atoms with van der Waals surface area (Å²) < 4.78 is 7.13. The van der Waals surface area contributed by atoms with Gasteiger partial charge in [0.15, 0.2) is 6.61 Å². The van der Waals surface area contributed by atoms with Gasteiger partial charge in [-0.05, 0) is 43.3 Å². The van der Waals surface area contributed by atoms with Crippen molar-refractivity contribution in [1.82, 2.24) is 15.1 Å². The maximum Gasteiger partial charge on any atom is 0.348 e. The van der Waals surface area contributed by atoms with E-state index in [0.717, 1.165) is 27.9 Å². The third-order valence-corrected chi connectivity index (χ3v) is 6.93. The second-order valence-corrected chi connectivity index (χ2v) is 9.38. The molecule has 4 rings (SSSR count). The summed E-state index contributed by atoms with van der Waals surface area (Å²) in [5.74, 6) is -0.788. The van der Waals surface area contributed by atoms with Crippen LogP contribution in [0.25, 0.3) is 10.2 Å². The second-order valence-electron chi connectivity index (χ2n) is 7.31. The molecule has 31 heavy (non-hydrogen) atoms. The molecule has 0 unspecified atom stereocenters. The number of hydrogen-bond acceptors (Lipinski definition) is 6. The van der Waals surface area contributed by atoms with E-state index in [1.807, 2.05) is 29.1 Å². The second kappa shape index (κ2) is 9.45. The lowest BCUT2D eigenvalue weighted by Crippen LogP contribution is -2.30. The standard InChI is InChI=1S/C23H23N3O3S2/c1-15-5-7-17(8-6-15)13-26-22-19(16(2)25-26)12-20(31-22)23(28)29-14-21(27)24-10-9-18-4-3-11-30-18/h3-8,11-12H,9-10,13-14H2,1-2H3,(H,24,27). The van der Waals surface area contributed by atoms with Crippen molar-refractivity contribution in [3.8, 4) is 0 Å². The molecule has 0 bridgehead atoms. The molecule has 3 heterocycles. The Hall–Kier alpha value is -2.97. The van der Waals surface area contributed by atoms with Crippen LogP contribution in [0.1, 0.15) is 31.4 Å². The van der Waals surface area contributed by atoms with Crippen molar-refractivity contribution in [1.29, 1.82) is 0 Å². The van der Waals surface area contributed by atoms with E-state index in [1.54, 1.807) is 17.4 Å². The number of aryl methyl sites for hydroxylation is 2. The van der Waals surface area contributed by atoms with Crippen molar-refractivity contribution in [2.24, 2.45) is 0 Å². The van der Waals surface area contributed by atoms with E-state index in [0.29, 0.717) is 18.0 Å². The van der Waals surface area contributed by atoms with Gasteiger partial charge in [-0.25, -0.2) is 4.79 Å². The quantitative estimate of drug-likeness (QED) is 0.403. The van der Waals surface area contributed by atoms with Gasteiger partial charge in [-0.15, -0.1) is 22.7 Å². The number of carbonyl (C=O) groups excluding carboxylic acids is 2. The normalized spacial score (nSPS) is 11.0. The minimum absolute atomic E-state index is 0.286. The molecule has 0 aliphatic heterocycles. The van der Waals surface area contributed by atoms with Gasteiger partial charge in [0.05, 0.1) is 12.2 Å². The number of hydrogen-bond donors (Lipinski definition) is 1. The summed E-state index contributed by atoms with van der Waals surface area (Å²) in [5, 5.41) is 10.3. The van der Waals surface area contributed by atoms with Gasteiger partial charge in [0.1, 0.15) is 9.71 Å². The summed E-state index contributed by atoms with van der Waals surface area (Å²) in [6.45, 7) is 4.85. The summed E-state index contributed by atoms with van der Waals surface area (Å²) in [7, 11) is 0. The van der Waals surface area contributed by atoms with Crippen LogP contribution in [0.4, 0.5) is 0 Å². The number of thiophene rings is 2. The predicted octanol–water partition coefficient (Wildman–Crippen LogP) is 4.34. The third-order valence-electron chi connectivity index (χ3n) is 4.87. The fraction of sp³-hybridized carbons (Fsp3) is 0.261. The zero-order valence-corrected chi connectivity index (χ0v) is 19.0. The van der Waals surface area contributed by atoms with E-state index < -0.39 is 5.97 Å². The predicted molar refractivity (Wildman–Crippen MR) is 124 cm³/mol. The van der Waals surface area contributed by atoms with Gasteiger partial charge in [-0.3, -0.25) is 9.48 Å². The Morgan fingerprint density at radius 3 is 2.71 bits per heavy atom. The SMILES string of the molecule is Cc1ccc(Cn2nc(C)c3cc(C(=O)OCC(=O)NCCc4cccs4)sc32)cc1. The molecule has 0 radical (unpaired) electrons. The first-order valence-electron chi connectivity index (χ1n) is 9.98. The Morgan fingerprint density at radius 2 is 1.97 bits per heavy atom. The smallest absolute Gasteiger partial charge is 0.348 e. The molecule has 0 atom stereocenters. The number of aromatic nitrogens is 2. The fourth-order valence-electron chi connectivity index (χ4n) is 3.22. The molecule has 160 valence electrons. The molecule has 0 saturated heterocycles. The number of nitrogens with zero attached hydrogens (tertiary/aromatic N) is 2. The summed E-state index contributed by atoms with van der Waals surface area (Å²) in [6.07, 6.45) is 0.768. The van der Waals surface area contributed by atoms with Crippen molar-refractivity contribution >= 4 is 44.8 Å². The molecule has 0 saturated carbocycles. The number of carbonyl (C=O) groups is 2. The number of benzene rings is 1. The monoisotopic (exact) mass is 453 g/mol. The van der Waals surface area contributed by atoms with Crippen LogP contribution in [0.5, 0.6) is 0 Å². The summed E-state index contributed by atoms with van der Waals surface area (Å²) in [4.78, 5) is 27.0. The first-order chi connectivity index (χ1) is 15.0. The van der Waals surface area contributed by atoms with Crippen molar-refractivity contribution in [2.45, 2.75) is 26.8 Å². The van der Waals surface area contributed by atoms with Crippen LogP contribution in [-0.2, 0) is 22.5 Å². The Morgan fingerprint density at radius 1 is 1.16 bits per heavy atom. The first-order valence-corrected chi connectivity index (χ1v) is 11.7. The van der Waals surface area contributed by atoms with Crippen molar-refractivity contribution in [3.05, 3.63) is 74.4 Å². The van der Waals surface area contributed by atoms with Crippen molar-refractivity contribution < 1.29 is 14.3 Å². The lowest BCUT2D eigenvalue weighted by atomic mass is 10.1. The first kappa shape index (κ1) is 21.3. The molecule has 0 aliphatic rings. The number of esters is 1. The Bertz CT molecular complexity index is 1190. The summed E-state index contributed by atoms with van der Waals surface area (Å²) in [6, 6.07) is 14.1. The molecule has 1 aromatic carbocycles. The zero-order valence-electron chi connectivity index (χ0n) is 17.4. The fourth-order valence-corrected chi connectivity index (χ4v) is 4.98. The molecule has 0 spiro atoms. The topological polar surface area (TPSA) is 73.2 Å². The van der Waals surface area contributed by atoms with E-state index in [2.05, 4.69) is 41.6 Å². The van der Waals surface area contributed by atoms with Crippen LogP contribution in [0, 0.1) is 13.8 Å². The average molecular weight is 454 g/mol. The van der Waals surface area contributed by atoms with E-state index in [9.17, 15) is 9.59 Å². The van der Waals surface area contributed by atoms with Gasteiger partial charge in [0.2, 0.25) is 0 Å². The van der Waals surface area contributed by atoms with Gasteiger partial charge in [-0.1, -0.05) is 35.9 Å². The number of nitrogens with one attached hydrogen (secondary N) is 1. The van der Waals surface area contributed by atoms with Gasteiger partial charge in [0.25, 0.3) is 5.91 Å². The molecular formula is C23H23N3O3S2.